The minimum Gasteiger partial charge on any atom is -0.497 e. The van der Waals surface area contributed by atoms with Crippen LogP contribution in [0, 0.1) is 0 Å². The third kappa shape index (κ3) is 3.93. The van der Waals surface area contributed by atoms with E-state index in [9.17, 15) is 9.59 Å². The maximum atomic E-state index is 12.7. The maximum absolute atomic E-state index is 12.7. The molecule has 0 saturated heterocycles. The van der Waals surface area contributed by atoms with E-state index < -0.39 is 11.9 Å². The summed E-state index contributed by atoms with van der Waals surface area (Å²) in [5.41, 5.74) is 1.41. The van der Waals surface area contributed by atoms with E-state index in [2.05, 4.69) is 15.2 Å². The van der Waals surface area contributed by atoms with Crippen molar-refractivity contribution in [3.8, 4) is 17.1 Å². The average Bonchev–Trinajstić information content (AvgIpc) is 3.19. The van der Waals surface area contributed by atoms with Crippen LogP contribution in [0.5, 0.6) is 5.75 Å². The highest BCUT2D eigenvalue weighted by Crippen LogP contribution is 2.28. The summed E-state index contributed by atoms with van der Waals surface area (Å²) in [6.07, 6.45) is 1.31. The normalized spacial score (nSPS) is 10.3. The summed E-state index contributed by atoms with van der Waals surface area (Å²) < 4.78 is 15.0. The van der Waals surface area contributed by atoms with Crippen LogP contribution in [0.2, 0.25) is 5.02 Å². The topological polar surface area (TPSA) is 90.7 Å². The van der Waals surface area contributed by atoms with E-state index in [1.165, 1.54) is 31.5 Å². The van der Waals surface area contributed by atoms with E-state index in [0.29, 0.717) is 17.1 Å². The Morgan fingerprint density at radius 2 is 1.85 bits per heavy atom. The number of hydrogen-bond donors (Lipinski definition) is 1. The first-order chi connectivity index (χ1) is 13.0. The highest BCUT2D eigenvalue weighted by Gasteiger charge is 2.19. The van der Waals surface area contributed by atoms with Crippen LogP contribution in [0.15, 0.2) is 53.2 Å². The van der Waals surface area contributed by atoms with Gasteiger partial charge >= 0.3 is 5.97 Å². The predicted molar refractivity (Wildman–Crippen MR) is 99.2 cm³/mol. The number of benzene rings is 2. The molecular weight excluding hydrogens is 372 g/mol. The fraction of sp³-hybridized carbons (Fsp3) is 0.105. The van der Waals surface area contributed by atoms with Crippen LogP contribution in [0.1, 0.15) is 20.7 Å². The number of methoxy groups -OCH3 is 2. The lowest BCUT2D eigenvalue weighted by atomic mass is 10.1. The Morgan fingerprint density at radius 1 is 1.11 bits per heavy atom. The van der Waals surface area contributed by atoms with E-state index in [1.54, 1.807) is 31.4 Å². The van der Waals surface area contributed by atoms with E-state index in [-0.39, 0.29) is 21.8 Å². The minimum atomic E-state index is -0.536. The van der Waals surface area contributed by atoms with E-state index in [1.807, 2.05) is 0 Å². The molecular formula is C19H15ClN2O5. The Bertz CT molecular complexity index is 982. The van der Waals surface area contributed by atoms with E-state index in [0.717, 1.165) is 0 Å². The number of nitrogens with zero attached hydrogens (tertiary/aromatic N) is 1. The number of aromatic nitrogens is 1. The lowest BCUT2D eigenvalue weighted by Gasteiger charge is -2.09. The SMILES string of the molecule is COC(=O)c1ccc(Cl)c(NC(=O)c2cnoc2-c2ccc(OC)cc2)c1. The Morgan fingerprint density at radius 3 is 2.52 bits per heavy atom. The van der Waals surface area contributed by atoms with E-state index >= 15 is 0 Å². The lowest BCUT2D eigenvalue weighted by molar-refractivity contribution is 0.0600. The molecule has 0 spiro atoms. The molecule has 1 amide bonds. The Kier molecular flexibility index (Phi) is 5.42. The molecule has 1 aromatic heterocycles. The Balaban J connectivity index is 1.88. The van der Waals surface area contributed by atoms with Gasteiger partial charge in [0.05, 0.1) is 36.7 Å². The number of rotatable bonds is 5. The first kappa shape index (κ1) is 18.5. The Labute approximate surface area is 159 Å². The zero-order valence-electron chi connectivity index (χ0n) is 14.5. The third-order valence-electron chi connectivity index (χ3n) is 3.80. The van der Waals surface area contributed by atoms with Gasteiger partial charge in [-0.25, -0.2) is 4.79 Å². The van der Waals surface area contributed by atoms with Crippen LogP contribution >= 0.6 is 11.6 Å². The number of esters is 1. The van der Waals surface area contributed by atoms with Gasteiger partial charge in [-0.3, -0.25) is 4.79 Å². The summed E-state index contributed by atoms with van der Waals surface area (Å²) in [6.45, 7) is 0. The number of halogens is 1. The maximum Gasteiger partial charge on any atom is 0.337 e. The van der Waals surface area contributed by atoms with Gasteiger partial charge in [-0.15, -0.1) is 0 Å². The molecule has 138 valence electrons. The number of nitrogens with one attached hydrogen (secondary N) is 1. The predicted octanol–water partition coefficient (Wildman–Crippen LogP) is 4.04. The summed E-state index contributed by atoms with van der Waals surface area (Å²) in [7, 11) is 2.84. The number of carbonyl (C=O) groups excluding carboxylic acids is 2. The molecule has 0 saturated carbocycles. The molecule has 7 nitrogen and oxygen atoms in total. The van der Waals surface area contributed by atoms with Crippen molar-refractivity contribution >= 4 is 29.2 Å². The number of anilines is 1. The first-order valence-electron chi connectivity index (χ1n) is 7.81. The second-order valence-electron chi connectivity index (χ2n) is 5.44. The number of hydrogen-bond acceptors (Lipinski definition) is 6. The average molecular weight is 387 g/mol. The van der Waals surface area contributed by atoms with Crippen molar-refractivity contribution in [3.05, 3.63) is 64.8 Å². The first-order valence-corrected chi connectivity index (χ1v) is 8.19. The largest absolute Gasteiger partial charge is 0.497 e. The summed E-state index contributed by atoms with van der Waals surface area (Å²) in [5.74, 6) is -0.0388. The summed E-state index contributed by atoms with van der Waals surface area (Å²) in [5, 5.41) is 6.65. The van der Waals surface area contributed by atoms with Crippen molar-refractivity contribution in [2.45, 2.75) is 0 Å². The molecule has 0 bridgehead atoms. The zero-order valence-corrected chi connectivity index (χ0v) is 15.2. The molecule has 8 heteroatoms. The standard InChI is InChI=1S/C19H15ClN2O5/c1-25-13-6-3-11(4-7-13)17-14(10-21-27-17)18(23)22-16-9-12(19(24)26-2)5-8-15(16)20/h3-10H,1-2H3,(H,22,23). The van der Waals surface area contributed by atoms with Crippen molar-refractivity contribution in [1.29, 1.82) is 0 Å². The van der Waals surface area contributed by atoms with Crippen molar-refractivity contribution in [3.63, 3.8) is 0 Å². The van der Waals surface area contributed by atoms with Crippen LogP contribution < -0.4 is 10.1 Å². The molecule has 27 heavy (non-hydrogen) atoms. The molecule has 0 unspecified atom stereocenters. The smallest absolute Gasteiger partial charge is 0.337 e. The molecule has 0 atom stereocenters. The van der Waals surface area contributed by atoms with Gasteiger partial charge in [0.15, 0.2) is 5.76 Å². The molecule has 0 fully saturated rings. The lowest BCUT2D eigenvalue weighted by Crippen LogP contribution is -2.13. The van der Waals surface area contributed by atoms with Crippen LogP contribution in [0.25, 0.3) is 11.3 Å². The minimum absolute atomic E-state index is 0.222. The van der Waals surface area contributed by atoms with Gasteiger partial charge in [0.1, 0.15) is 11.3 Å². The van der Waals surface area contributed by atoms with Crippen molar-refractivity contribution in [2.24, 2.45) is 0 Å². The molecule has 3 aromatic rings. The van der Waals surface area contributed by atoms with Crippen LogP contribution in [0.4, 0.5) is 5.69 Å². The molecule has 1 N–H and O–H groups in total. The highest BCUT2D eigenvalue weighted by molar-refractivity contribution is 6.34. The monoisotopic (exact) mass is 386 g/mol. The van der Waals surface area contributed by atoms with Crippen LogP contribution in [-0.4, -0.2) is 31.3 Å². The highest BCUT2D eigenvalue weighted by atomic mass is 35.5. The summed E-state index contributed by atoms with van der Waals surface area (Å²) >= 11 is 6.12. The van der Waals surface area contributed by atoms with Gasteiger partial charge in [-0.1, -0.05) is 16.8 Å². The fourth-order valence-electron chi connectivity index (χ4n) is 2.41. The van der Waals surface area contributed by atoms with Gasteiger partial charge in [0.2, 0.25) is 0 Å². The summed E-state index contributed by atoms with van der Waals surface area (Å²) in [4.78, 5) is 24.4. The van der Waals surface area contributed by atoms with Crippen molar-refractivity contribution in [2.75, 3.05) is 19.5 Å². The van der Waals surface area contributed by atoms with Crippen LogP contribution in [-0.2, 0) is 4.74 Å². The number of amides is 1. The molecule has 0 aliphatic carbocycles. The summed E-state index contributed by atoms with van der Waals surface area (Å²) in [6, 6.07) is 11.4. The molecule has 1 heterocycles. The Hall–Kier alpha value is -3.32. The number of ether oxygens (including phenoxy) is 2. The van der Waals surface area contributed by atoms with Gasteiger partial charge in [0, 0.05) is 5.56 Å². The quantitative estimate of drug-likeness (QED) is 0.665. The third-order valence-corrected chi connectivity index (χ3v) is 4.13. The van der Waals surface area contributed by atoms with Gasteiger partial charge in [0.25, 0.3) is 5.91 Å². The molecule has 0 aliphatic heterocycles. The molecule has 0 radical (unpaired) electrons. The van der Waals surface area contributed by atoms with Crippen LogP contribution in [0.3, 0.4) is 0 Å². The van der Waals surface area contributed by atoms with Gasteiger partial charge < -0.3 is 19.3 Å². The fourth-order valence-corrected chi connectivity index (χ4v) is 2.57. The second kappa shape index (κ2) is 7.92. The van der Waals surface area contributed by atoms with Crippen molar-refractivity contribution in [1.82, 2.24) is 5.16 Å². The van der Waals surface area contributed by atoms with Gasteiger partial charge in [-0.05, 0) is 42.5 Å². The van der Waals surface area contributed by atoms with E-state index in [4.69, 9.17) is 20.9 Å². The van der Waals surface area contributed by atoms with Gasteiger partial charge in [-0.2, -0.15) is 0 Å². The number of carbonyl (C=O) groups is 2. The van der Waals surface area contributed by atoms with Crippen molar-refractivity contribution < 1.29 is 23.6 Å². The molecule has 2 aromatic carbocycles. The second-order valence-corrected chi connectivity index (χ2v) is 5.84. The molecule has 3 rings (SSSR count). The zero-order chi connectivity index (χ0) is 19.4. The molecule has 0 aliphatic rings.